The maximum absolute atomic E-state index is 12.3. The Hall–Kier alpha value is -1.98. The SMILES string of the molecule is CN1C(=O)C(C)(CSC#N)c2cc(C#N)ccc21. The smallest absolute Gasteiger partial charge is 0.238 e. The van der Waals surface area contributed by atoms with Crippen LogP contribution >= 0.6 is 11.8 Å². The van der Waals surface area contributed by atoms with Crippen LogP contribution in [0.2, 0.25) is 0 Å². The van der Waals surface area contributed by atoms with Crippen molar-refractivity contribution in [3.8, 4) is 11.5 Å². The molecule has 5 heteroatoms. The topological polar surface area (TPSA) is 67.9 Å². The molecule has 1 atom stereocenters. The molecule has 0 saturated carbocycles. The van der Waals surface area contributed by atoms with E-state index >= 15 is 0 Å². The summed E-state index contributed by atoms with van der Waals surface area (Å²) in [5.41, 5.74) is 1.46. The van der Waals surface area contributed by atoms with Crippen molar-refractivity contribution >= 4 is 23.4 Å². The van der Waals surface area contributed by atoms with Gasteiger partial charge in [-0.1, -0.05) is 0 Å². The number of amides is 1. The third-order valence-electron chi connectivity index (χ3n) is 3.28. The Morgan fingerprint density at radius 3 is 2.78 bits per heavy atom. The van der Waals surface area contributed by atoms with E-state index in [1.165, 1.54) is 0 Å². The van der Waals surface area contributed by atoms with E-state index in [-0.39, 0.29) is 5.91 Å². The Balaban J connectivity index is 2.56. The maximum Gasteiger partial charge on any atom is 0.238 e. The molecule has 0 fully saturated rings. The van der Waals surface area contributed by atoms with Crippen LogP contribution < -0.4 is 4.90 Å². The Kier molecular flexibility index (Phi) is 3.02. The van der Waals surface area contributed by atoms with Crippen LogP contribution in [-0.4, -0.2) is 18.7 Å². The highest BCUT2D eigenvalue weighted by atomic mass is 32.2. The number of likely N-dealkylation sites (N-methyl/N-ethyl adjacent to an activating group) is 1. The van der Waals surface area contributed by atoms with Gasteiger partial charge in [0.15, 0.2) is 0 Å². The molecule has 2 rings (SSSR count). The zero-order chi connectivity index (χ0) is 13.3. The third-order valence-corrected chi connectivity index (χ3v) is 4.13. The van der Waals surface area contributed by atoms with Gasteiger partial charge in [0.05, 0.1) is 17.0 Å². The van der Waals surface area contributed by atoms with Crippen LogP contribution in [0.4, 0.5) is 5.69 Å². The number of nitrogens with zero attached hydrogens (tertiary/aromatic N) is 3. The first-order valence-electron chi connectivity index (χ1n) is 5.38. The molecule has 90 valence electrons. The van der Waals surface area contributed by atoms with E-state index < -0.39 is 5.41 Å². The van der Waals surface area contributed by atoms with Gasteiger partial charge >= 0.3 is 0 Å². The molecule has 1 amide bonds. The number of carbonyl (C=O) groups excluding carboxylic acids is 1. The molecule has 18 heavy (non-hydrogen) atoms. The fourth-order valence-corrected chi connectivity index (χ4v) is 2.88. The average Bonchev–Trinajstić information content (AvgIpc) is 2.59. The number of nitriles is 2. The number of hydrogen-bond donors (Lipinski definition) is 0. The fourth-order valence-electron chi connectivity index (χ4n) is 2.25. The van der Waals surface area contributed by atoms with Gasteiger partial charge in [-0.15, -0.1) is 0 Å². The number of hydrogen-bond acceptors (Lipinski definition) is 4. The lowest BCUT2D eigenvalue weighted by molar-refractivity contribution is -0.121. The van der Waals surface area contributed by atoms with E-state index in [1.54, 1.807) is 30.1 Å². The first kappa shape index (κ1) is 12.5. The monoisotopic (exact) mass is 257 g/mol. The Labute approximate surface area is 110 Å². The van der Waals surface area contributed by atoms with Crippen molar-refractivity contribution in [2.45, 2.75) is 12.3 Å². The van der Waals surface area contributed by atoms with Gasteiger partial charge in [-0.25, -0.2) is 0 Å². The lowest BCUT2D eigenvalue weighted by atomic mass is 9.85. The number of thiocyanates is 1. The Bertz CT molecular complexity index is 599. The van der Waals surface area contributed by atoms with Crippen LogP contribution in [0.15, 0.2) is 18.2 Å². The molecule has 1 aromatic carbocycles. The number of fused-ring (bicyclic) bond motifs is 1. The minimum absolute atomic E-state index is 0.0321. The van der Waals surface area contributed by atoms with Crippen LogP contribution in [-0.2, 0) is 10.2 Å². The molecule has 1 aliphatic heterocycles. The van der Waals surface area contributed by atoms with Crippen LogP contribution in [0.3, 0.4) is 0 Å². The third kappa shape index (κ3) is 1.64. The molecule has 1 aromatic rings. The number of benzene rings is 1. The van der Waals surface area contributed by atoms with Gasteiger partial charge in [0.1, 0.15) is 5.40 Å². The predicted molar refractivity (Wildman–Crippen MR) is 70.0 cm³/mol. The number of carbonyl (C=O) groups is 1. The average molecular weight is 257 g/mol. The summed E-state index contributed by atoms with van der Waals surface area (Å²) in [5.74, 6) is 0.365. The normalized spacial score (nSPS) is 21.3. The van der Waals surface area contributed by atoms with Crippen molar-refractivity contribution in [3.05, 3.63) is 29.3 Å². The minimum atomic E-state index is -0.725. The molecular formula is C13H11N3OS. The van der Waals surface area contributed by atoms with E-state index in [2.05, 4.69) is 6.07 Å². The highest BCUT2D eigenvalue weighted by molar-refractivity contribution is 8.03. The van der Waals surface area contributed by atoms with Crippen molar-refractivity contribution in [1.29, 1.82) is 10.5 Å². The zero-order valence-corrected chi connectivity index (χ0v) is 10.9. The van der Waals surface area contributed by atoms with Gasteiger partial charge in [-0.05, 0) is 42.4 Å². The second-order valence-electron chi connectivity index (χ2n) is 4.42. The molecule has 0 aromatic heterocycles. The Morgan fingerprint density at radius 1 is 1.44 bits per heavy atom. The predicted octanol–water partition coefficient (Wildman–Crippen LogP) is 2.01. The van der Waals surface area contributed by atoms with Gasteiger partial charge in [0, 0.05) is 18.5 Å². The van der Waals surface area contributed by atoms with Crippen LogP contribution in [0.5, 0.6) is 0 Å². The molecular weight excluding hydrogens is 246 g/mol. The molecule has 0 aliphatic carbocycles. The first-order chi connectivity index (χ1) is 8.54. The summed E-state index contributed by atoms with van der Waals surface area (Å²) in [4.78, 5) is 13.9. The molecule has 0 radical (unpaired) electrons. The summed E-state index contributed by atoms with van der Waals surface area (Å²) in [7, 11) is 1.72. The summed E-state index contributed by atoms with van der Waals surface area (Å²) in [5, 5.41) is 19.6. The van der Waals surface area contributed by atoms with Gasteiger partial charge in [-0.2, -0.15) is 10.5 Å². The highest BCUT2D eigenvalue weighted by Crippen LogP contribution is 2.43. The van der Waals surface area contributed by atoms with E-state index in [4.69, 9.17) is 10.5 Å². The Morgan fingerprint density at radius 2 is 2.17 bits per heavy atom. The quantitative estimate of drug-likeness (QED) is 0.760. The van der Waals surface area contributed by atoms with Crippen molar-refractivity contribution in [3.63, 3.8) is 0 Å². The van der Waals surface area contributed by atoms with Gasteiger partial charge in [-0.3, -0.25) is 4.79 Å². The fraction of sp³-hybridized carbons (Fsp3) is 0.308. The van der Waals surface area contributed by atoms with Gasteiger partial charge in [0.25, 0.3) is 0 Å². The lowest BCUT2D eigenvalue weighted by Gasteiger charge is -2.21. The molecule has 0 N–H and O–H groups in total. The van der Waals surface area contributed by atoms with Crippen molar-refractivity contribution in [1.82, 2.24) is 0 Å². The zero-order valence-electron chi connectivity index (χ0n) is 10.1. The van der Waals surface area contributed by atoms with Crippen molar-refractivity contribution < 1.29 is 4.79 Å². The largest absolute Gasteiger partial charge is 0.314 e. The van der Waals surface area contributed by atoms with E-state index in [0.717, 1.165) is 23.0 Å². The van der Waals surface area contributed by atoms with Crippen LogP contribution in [0.1, 0.15) is 18.1 Å². The van der Waals surface area contributed by atoms with E-state index in [1.807, 2.05) is 12.3 Å². The molecule has 4 nitrogen and oxygen atoms in total. The molecule has 0 spiro atoms. The maximum atomic E-state index is 12.3. The second kappa shape index (κ2) is 4.36. The van der Waals surface area contributed by atoms with E-state index in [9.17, 15) is 4.79 Å². The summed E-state index contributed by atoms with van der Waals surface area (Å²) < 4.78 is 0. The number of thioether (sulfide) groups is 1. The molecule has 1 unspecified atom stereocenters. The second-order valence-corrected chi connectivity index (χ2v) is 5.18. The first-order valence-corrected chi connectivity index (χ1v) is 6.37. The lowest BCUT2D eigenvalue weighted by Crippen LogP contribution is -2.38. The van der Waals surface area contributed by atoms with Crippen molar-refractivity contribution in [2.24, 2.45) is 0 Å². The summed E-state index contributed by atoms with van der Waals surface area (Å²) in [6.07, 6.45) is 0. The summed E-state index contributed by atoms with van der Waals surface area (Å²) >= 11 is 1.06. The standard InChI is InChI=1S/C13H11N3OS/c1-13(7-18-8-15)10-5-9(6-14)3-4-11(10)16(2)12(13)17/h3-5H,7H2,1-2H3. The van der Waals surface area contributed by atoms with Crippen LogP contribution in [0, 0.1) is 22.0 Å². The summed E-state index contributed by atoms with van der Waals surface area (Å²) in [6, 6.07) is 7.31. The van der Waals surface area contributed by atoms with Crippen molar-refractivity contribution in [2.75, 3.05) is 17.7 Å². The van der Waals surface area contributed by atoms with Crippen LogP contribution in [0.25, 0.3) is 0 Å². The minimum Gasteiger partial charge on any atom is -0.314 e. The molecule has 1 heterocycles. The molecule has 0 saturated heterocycles. The molecule has 0 bridgehead atoms. The van der Waals surface area contributed by atoms with E-state index in [0.29, 0.717) is 11.3 Å². The van der Waals surface area contributed by atoms with Gasteiger partial charge in [0.2, 0.25) is 5.91 Å². The number of anilines is 1. The number of rotatable bonds is 2. The summed E-state index contributed by atoms with van der Waals surface area (Å²) in [6.45, 7) is 1.82. The van der Waals surface area contributed by atoms with Gasteiger partial charge < -0.3 is 4.90 Å². The molecule has 1 aliphatic rings. The highest BCUT2D eigenvalue weighted by Gasteiger charge is 2.46.